The third-order valence-corrected chi connectivity index (χ3v) is 3.53. The molecule has 70 valence electrons. The highest BCUT2D eigenvalue weighted by Crippen LogP contribution is 2.56. The fourth-order valence-corrected chi connectivity index (χ4v) is 2.76. The van der Waals surface area contributed by atoms with Crippen molar-refractivity contribution in [1.82, 2.24) is 4.57 Å². The number of aromatic nitrogens is 1. The van der Waals surface area contributed by atoms with Crippen LogP contribution in [0.15, 0.2) is 12.3 Å². The minimum atomic E-state index is 0.268. The lowest BCUT2D eigenvalue weighted by atomic mass is 10.1. The smallest absolute Gasteiger partial charge is 0.0358 e. The van der Waals surface area contributed by atoms with Crippen LogP contribution in [0.4, 0.5) is 0 Å². The minimum Gasteiger partial charge on any atom is -0.346 e. The fourth-order valence-electron chi connectivity index (χ4n) is 2.76. The van der Waals surface area contributed by atoms with E-state index in [2.05, 4.69) is 37.6 Å². The zero-order valence-electron chi connectivity index (χ0n) is 8.67. The molecule has 0 aromatic carbocycles. The molecular formula is C12H17N. The highest BCUT2D eigenvalue weighted by Gasteiger charge is 2.47. The van der Waals surface area contributed by atoms with Crippen LogP contribution < -0.4 is 0 Å². The van der Waals surface area contributed by atoms with E-state index in [-0.39, 0.29) is 5.54 Å². The van der Waals surface area contributed by atoms with Crippen molar-refractivity contribution in [3.8, 4) is 0 Å². The summed E-state index contributed by atoms with van der Waals surface area (Å²) in [5.74, 6) is 1.96. The molecule has 1 fully saturated rings. The summed E-state index contributed by atoms with van der Waals surface area (Å²) in [6.45, 7) is 6.87. The van der Waals surface area contributed by atoms with Crippen molar-refractivity contribution in [2.75, 3.05) is 0 Å². The summed E-state index contributed by atoms with van der Waals surface area (Å²) in [4.78, 5) is 0. The molecule has 1 saturated carbocycles. The van der Waals surface area contributed by atoms with Crippen LogP contribution in [0.2, 0.25) is 0 Å². The van der Waals surface area contributed by atoms with Crippen molar-refractivity contribution in [1.29, 1.82) is 0 Å². The number of rotatable bonds is 0. The van der Waals surface area contributed by atoms with Gasteiger partial charge in [-0.15, -0.1) is 0 Å². The van der Waals surface area contributed by atoms with Gasteiger partial charge in [-0.3, -0.25) is 0 Å². The highest BCUT2D eigenvalue weighted by molar-refractivity contribution is 5.39. The van der Waals surface area contributed by atoms with Gasteiger partial charge in [0.2, 0.25) is 0 Å². The summed E-state index contributed by atoms with van der Waals surface area (Å²) >= 11 is 0. The SMILES string of the molecule is CC(C)(C)n1ccc2c1CC1C[C@H]21. The van der Waals surface area contributed by atoms with E-state index in [1.807, 2.05) is 0 Å². The first-order valence-electron chi connectivity index (χ1n) is 5.28. The van der Waals surface area contributed by atoms with Gasteiger partial charge in [0.05, 0.1) is 0 Å². The predicted octanol–water partition coefficient (Wildman–Crippen LogP) is 2.90. The summed E-state index contributed by atoms with van der Waals surface area (Å²) in [6, 6.07) is 2.35. The van der Waals surface area contributed by atoms with E-state index in [1.165, 1.54) is 12.8 Å². The first kappa shape index (κ1) is 7.66. The predicted molar refractivity (Wildman–Crippen MR) is 54.0 cm³/mol. The molecule has 1 aromatic rings. The third-order valence-electron chi connectivity index (χ3n) is 3.53. The second kappa shape index (κ2) is 2.02. The van der Waals surface area contributed by atoms with Crippen molar-refractivity contribution in [3.05, 3.63) is 23.5 Å². The van der Waals surface area contributed by atoms with Crippen molar-refractivity contribution in [2.24, 2.45) is 5.92 Å². The van der Waals surface area contributed by atoms with E-state index < -0.39 is 0 Å². The van der Waals surface area contributed by atoms with Gasteiger partial charge in [-0.25, -0.2) is 0 Å². The average molecular weight is 175 g/mol. The average Bonchev–Trinajstić information content (AvgIpc) is 2.52. The van der Waals surface area contributed by atoms with Gasteiger partial charge >= 0.3 is 0 Å². The first-order valence-corrected chi connectivity index (χ1v) is 5.28. The summed E-state index contributed by atoms with van der Waals surface area (Å²) in [6.07, 6.45) is 5.07. The Morgan fingerprint density at radius 2 is 2.15 bits per heavy atom. The zero-order chi connectivity index (χ0) is 9.22. The van der Waals surface area contributed by atoms with E-state index >= 15 is 0 Å². The van der Waals surface area contributed by atoms with E-state index in [1.54, 1.807) is 11.3 Å². The maximum Gasteiger partial charge on any atom is 0.0358 e. The summed E-state index contributed by atoms with van der Waals surface area (Å²) in [5, 5.41) is 0. The molecule has 1 aromatic heterocycles. The molecule has 0 aliphatic heterocycles. The Hall–Kier alpha value is -0.720. The quantitative estimate of drug-likeness (QED) is 0.571. The third kappa shape index (κ3) is 0.932. The molecular weight excluding hydrogens is 158 g/mol. The largest absolute Gasteiger partial charge is 0.346 e. The van der Waals surface area contributed by atoms with Crippen LogP contribution in [-0.2, 0) is 12.0 Å². The second-order valence-corrected chi connectivity index (χ2v) is 5.56. The molecule has 2 atom stereocenters. The Kier molecular flexibility index (Phi) is 1.19. The van der Waals surface area contributed by atoms with Crippen LogP contribution in [0.3, 0.4) is 0 Å². The number of nitrogens with zero attached hydrogens (tertiary/aromatic N) is 1. The molecule has 0 saturated heterocycles. The van der Waals surface area contributed by atoms with Gasteiger partial charge in [0.25, 0.3) is 0 Å². The van der Waals surface area contributed by atoms with Crippen molar-refractivity contribution < 1.29 is 0 Å². The fraction of sp³-hybridized carbons (Fsp3) is 0.667. The molecule has 13 heavy (non-hydrogen) atoms. The van der Waals surface area contributed by atoms with Crippen LogP contribution >= 0.6 is 0 Å². The second-order valence-electron chi connectivity index (χ2n) is 5.56. The molecule has 0 amide bonds. The molecule has 1 nitrogen and oxygen atoms in total. The molecule has 2 aliphatic rings. The van der Waals surface area contributed by atoms with Crippen molar-refractivity contribution >= 4 is 0 Å². The number of hydrogen-bond donors (Lipinski definition) is 0. The van der Waals surface area contributed by atoms with Crippen molar-refractivity contribution in [3.63, 3.8) is 0 Å². The number of fused-ring (bicyclic) bond motifs is 3. The lowest BCUT2D eigenvalue weighted by molar-refractivity contribution is 0.385. The van der Waals surface area contributed by atoms with Gasteiger partial charge in [0, 0.05) is 17.4 Å². The monoisotopic (exact) mass is 175 g/mol. The summed E-state index contributed by atoms with van der Waals surface area (Å²) in [5.41, 5.74) is 3.54. The molecule has 1 heteroatoms. The van der Waals surface area contributed by atoms with Crippen LogP contribution in [0.5, 0.6) is 0 Å². The van der Waals surface area contributed by atoms with Crippen molar-refractivity contribution in [2.45, 2.75) is 45.1 Å². The van der Waals surface area contributed by atoms with E-state index in [9.17, 15) is 0 Å². The van der Waals surface area contributed by atoms with Crippen LogP contribution in [0.25, 0.3) is 0 Å². The van der Waals surface area contributed by atoms with E-state index in [0.29, 0.717) is 0 Å². The molecule has 0 bridgehead atoms. The maximum absolute atomic E-state index is 2.47. The Bertz CT molecular complexity index is 354. The maximum atomic E-state index is 2.47. The molecule has 3 rings (SSSR count). The lowest BCUT2D eigenvalue weighted by Gasteiger charge is -2.24. The zero-order valence-corrected chi connectivity index (χ0v) is 8.67. The minimum absolute atomic E-state index is 0.268. The van der Waals surface area contributed by atoms with Crippen LogP contribution in [0, 0.1) is 5.92 Å². The number of hydrogen-bond acceptors (Lipinski definition) is 0. The molecule has 1 heterocycles. The highest BCUT2D eigenvalue weighted by atomic mass is 15.0. The van der Waals surface area contributed by atoms with Gasteiger partial charge in [-0.1, -0.05) is 0 Å². The van der Waals surface area contributed by atoms with Gasteiger partial charge in [0.1, 0.15) is 0 Å². The summed E-state index contributed by atoms with van der Waals surface area (Å²) < 4.78 is 2.47. The lowest BCUT2D eigenvalue weighted by Crippen LogP contribution is -2.23. The standard InChI is InChI=1S/C12H17N/c1-12(2,3)13-5-4-9-10-6-8(10)7-11(9)13/h4-5,8,10H,6-7H2,1-3H3/t8?,10-/m0/s1. The molecule has 0 spiro atoms. The van der Waals surface area contributed by atoms with E-state index in [0.717, 1.165) is 11.8 Å². The molecule has 0 N–H and O–H groups in total. The van der Waals surface area contributed by atoms with Gasteiger partial charge in [-0.05, 0) is 57.1 Å². The Morgan fingerprint density at radius 3 is 2.85 bits per heavy atom. The topological polar surface area (TPSA) is 4.93 Å². The molecule has 0 radical (unpaired) electrons. The first-order chi connectivity index (χ1) is 6.07. The molecule has 2 aliphatic carbocycles. The van der Waals surface area contributed by atoms with E-state index in [4.69, 9.17) is 0 Å². The van der Waals surface area contributed by atoms with Gasteiger partial charge < -0.3 is 4.57 Å². The van der Waals surface area contributed by atoms with Crippen LogP contribution in [-0.4, -0.2) is 4.57 Å². The Morgan fingerprint density at radius 1 is 1.38 bits per heavy atom. The van der Waals surface area contributed by atoms with Gasteiger partial charge in [-0.2, -0.15) is 0 Å². The summed E-state index contributed by atoms with van der Waals surface area (Å²) in [7, 11) is 0. The Labute approximate surface area is 79.8 Å². The Balaban J connectivity index is 2.10. The van der Waals surface area contributed by atoms with Crippen LogP contribution in [0.1, 0.15) is 44.4 Å². The normalized spacial score (nSPS) is 30.1. The molecule has 1 unspecified atom stereocenters. The van der Waals surface area contributed by atoms with Gasteiger partial charge in [0.15, 0.2) is 0 Å².